The predicted molar refractivity (Wildman–Crippen MR) is 77.8 cm³/mol. The Morgan fingerprint density at radius 2 is 2.10 bits per heavy atom. The maximum Gasteiger partial charge on any atom is 0.245 e. The van der Waals surface area contributed by atoms with Gasteiger partial charge in [-0.3, -0.25) is 4.79 Å². The first-order valence-corrected chi connectivity index (χ1v) is 6.25. The van der Waals surface area contributed by atoms with Crippen molar-refractivity contribution in [2.45, 2.75) is 6.42 Å². The molecule has 1 heterocycles. The first kappa shape index (κ1) is 13.9. The molecule has 1 N–H and O–H groups in total. The number of hydrogen-bond donors (Lipinski definition) is 1. The molecular weight excluding hydrogens is 254 g/mol. The van der Waals surface area contributed by atoms with Crippen LogP contribution in [0.1, 0.15) is 11.3 Å². The van der Waals surface area contributed by atoms with Crippen LogP contribution in [-0.2, 0) is 18.3 Å². The quantitative estimate of drug-likeness (QED) is 0.665. The molecule has 1 aromatic heterocycles. The van der Waals surface area contributed by atoms with E-state index in [2.05, 4.69) is 10.5 Å². The van der Waals surface area contributed by atoms with E-state index in [1.54, 1.807) is 13.3 Å². The molecule has 0 saturated carbocycles. The van der Waals surface area contributed by atoms with Gasteiger partial charge < -0.3 is 9.30 Å². The Kier molecular flexibility index (Phi) is 4.55. The maximum absolute atomic E-state index is 11.7. The molecule has 2 aromatic rings. The predicted octanol–water partition coefficient (Wildman–Crippen LogP) is 1.73. The van der Waals surface area contributed by atoms with E-state index < -0.39 is 0 Å². The molecule has 0 atom stereocenters. The van der Waals surface area contributed by atoms with Gasteiger partial charge in [0.2, 0.25) is 5.91 Å². The normalized spacial score (nSPS) is 10.7. The number of aryl methyl sites for hydroxylation is 1. The van der Waals surface area contributed by atoms with Crippen molar-refractivity contribution < 1.29 is 9.53 Å². The number of benzene rings is 1. The molecule has 0 spiro atoms. The number of carbonyl (C=O) groups is 1. The largest absolute Gasteiger partial charge is 0.497 e. The molecule has 1 amide bonds. The monoisotopic (exact) mass is 271 g/mol. The first-order chi connectivity index (χ1) is 9.69. The second kappa shape index (κ2) is 6.56. The van der Waals surface area contributed by atoms with Crippen LogP contribution in [0.15, 0.2) is 47.7 Å². The highest BCUT2D eigenvalue weighted by Crippen LogP contribution is 2.09. The minimum absolute atomic E-state index is 0.142. The lowest BCUT2D eigenvalue weighted by Crippen LogP contribution is -2.20. The van der Waals surface area contributed by atoms with Crippen LogP contribution in [0.2, 0.25) is 0 Å². The average Bonchev–Trinajstić information content (AvgIpc) is 2.85. The van der Waals surface area contributed by atoms with E-state index in [0.717, 1.165) is 17.0 Å². The van der Waals surface area contributed by atoms with Gasteiger partial charge in [0.25, 0.3) is 0 Å². The summed E-state index contributed by atoms with van der Waals surface area (Å²) in [5, 5.41) is 3.93. The Bertz CT molecular complexity index is 600. The fourth-order valence-electron chi connectivity index (χ4n) is 1.75. The Balaban J connectivity index is 1.86. The number of amides is 1. The maximum atomic E-state index is 11.7. The molecule has 5 nitrogen and oxygen atoms in total. The number of aromatic nitrogens is 1. The van der Waals surface area contributed by atoms with Crippen LogP contribution < -0.4 is 10.2 Å². The summed E-state index contributed by atoms with van der Waals surface area (Å²) >= 11 is 0. The van der Waals surface area contributed by atoms with Gasteiger partial charge in [-0.2, -0.15) is 5.10 Å². The summed E-state index contributed by atoms with van der Waals surface area (Å²) in [7, 11) is 3.52. The number of rotatable bonds is 5. The Labute approximate surface area is 117 Å². The van der Waals surface area contributed by atoms with Gasteiger partial charge in [-0.25, -0.2) is 5.43 Å². The third-order valence-electron chi connectivity index (χ3n) is 2.91. The number of hydrogen-bond acceptors (Lipinski definition) is 3. The van der Waals surface area contributed by atoms with Crippen molar-refractivity contribution in [3.05, 3.63) is 53.9 Å². The van der Waals surface area contributed by atoms with Crippen LogP contribution in [0, 0.1) is 0 Å². The van der Waals surface area contributed by atoms with Gasteiger partial charge in [-0.15, -0.1) is 0 Å². The van der Waals surface area contributed by atoms with Gasteiger partial charge in [0.15, 0.2) is 0 Å². The van der Waals surface area contributed by atoms with Gasteiger partial charge in [0.05, 0.1) is 19.7 Å². The highest BCUT2D eigenvalue weighted by atomic mass is 16.5. The molecule has 0 aliphatic carbocycles. The van der Waals surface area contributed by atoms with E-state index in [1.807, 2.05) is 54.2 Å². The first-order valence-electron chi connectivity index (χ1n) is 6.25. The summed E-state index contributed by atoms with van der Waals surface area (Å²) in [6.07, 6.45) is 3.81. The van der Waals surface area contributed by atoms with Gasteiger partial charge in [-0.05, 0) is 42.0 Å². The molecule has 20 heavy (non-hydrogen) atoms. The van der Waals surface area contributed by atoms with Crippen molar-refractivity contribution in [2.24, 2.45) is 12.1 Å². The molecule has 5 heteroatoms. The Morgan fingerprint density at radius 3 is 2.70 bits per heavy atom. The molecule has 0 fully saturated rings. The van der Waals surface area contributed by atoms with E-state index in [1.165, 1.54) is 0 Å². The SMILES string of the molecule is COc1ccc(C=NNC(=O)Cc2cccn2C)cc1. The van der Waals surface area contributed by atoms with Gasteiger partial charge in [0.1, 0.15) is 5.75 Å². The summed E-state index contributed by atoms with van der Waals surface area (Å²) in [5.74, 6) is 0.645. The van der Waals surface area contributed by atoms with E-state index in [0.29, 0.717) is 6.42 Å². The van der Waals surface area contributed by atoms with Gasteiger partial charge in [-0.1, -0.05) is 0 Å². The minimum Gasteiger partial charge on any atom is -0.497 e. The number of hydrazone groups is 1. The summed E-state index contributed by atoms with van der Waals surface area (Å²) in [5.41, 5.74) is 4.35. The second-order valence-electron chi connectivity index (χ2n) is 4.35. The van der Waals surface area contributed by atoms with Crippen LogP contribution in [0.3, 0.4) is 0 Å². The van der Waals surface area contributed by atoms with Gasteiger partial charge >= 0.3 is 0 Å². The summed E-state index contributed by atoms with van der Waals surface area (Å²) < 4.78 is 6.97. The fraction of sp³-hybridized carbons (Fsp3) is 0.200. The molecule has 104 valence electrons. The molecular formula is C15H17N3O2. The standard InChI is InChI=1S/C15H17N3O2/c1-18-9-3-4-13(18)10-15(19)17-16-11-12-5-7-14(20-2)8-6-12/h3-9,11H,10H2,1-2H3,(H,17,19). The van der Waals surface area contributed by atoms with Crippen LogP contribution in [0.4, 0.5) is 0 Å². The lowest BCUT2D eigenvalue weighted by Gasteiger charge is -2.02. The van der Waals surface area contributed by atoms with Crippen LogP contribution in [0.25, 0.3) is 0 Å². The molecule has 0 aliphatic rings. The second-order valence-corrected chi connectivity index (χ2v) is 4.35. The van der Waals surface area contributed by atoms with Crippen molar-refractivity contribution >= 4 is 12.1 Å². The smallest absolute Gasteiger partial charge is 0.245 e. The lowest BCUT2D eigenvalue weighted by atomic mass is 10.2. The zero-order valence-electron chi connectivity index (χ0n) is 11.5. The summed E-state index contributed by atoms with van der Waals surface area (Å²) in [6, 6.07) is 11.2. The summed E-state index contributed by atoms with van der Waals surface area (Å²) in [4.78, 5) is 11.7. The van der Waals surface area contributed by atoms with E-state index in [4.69, 9.17) is 4.74 Å². The Morgan fingerprint density at radius 1 is 1.35 bits per heavy atom. The van der Waals surface area contributed by atoms with Crippen molar-refractivity contribution in [3.63, 3.8) is 0 Å². The molecule has 0 aliphatic heterocycles. The highest BCUT2D eigenvalue weighted by molar-refractivity contribution is 5.83. The number of methoxy groups -OCH3 is 1. The fourth-order valence-corrected chi connectivity index (χ4v) is 1.75. The van der Waals surface area contributed by atoms with Crippen LogP contribution >= 0.6 is 0 Å². The molecule has 2 rings (SSSR count). The molecule has 1 aromatic carbocycles. The van der Waals surface area contributed by atoms with Crippen molar-refractivity contribution in [1.82, 2.24) is 9.99 Å². The molecule has 0 radical (unpaired) electrons. The number of nitrogens with zero attached hydrogens (tertiary/aromatic N) is 2. The van der Waals surface area contributed by atoms with Gasteiger partial charge in [0, 0.05) is 18.9 Å². The van der Waals surface area contributed by atoms with Crippen molar-refractivity contribution in [1.29, 1.82) is 0 Å². The van der Waals surface area contributed by atoms with Crippen molar-refractivity contribution in [2.75, 3.05) is 7.11 Å². The number of nitrogens with one attached hydrogen (secondary N) is 1. The lowest BCUT2D eigenvalue weighted by molar-refractivity contribution is -0.120. The zero-order valence-corrected chi connectivity index (χ0v) is 11.5. The molecule has 0 bridgehead atoms. The van der Waals surface area contributed by atoms with Crippen LogP contribution in [0.5, 0.6) is 5.75 Å². The van der Waals surface area contributed by atoms with E-state index in [9.17, 15) is 4.79 Å². The zero-order chi connectivity index (χ0) is 14.4. The topological polar surface area (TPSA) is 55.6 Å². The molecule has 0 saturated heterocycles. The highest BCUT2D eigenvalue weighted by Gasteiger charge is 2.04. The van der Waals surface area contributed by atoms with E-state index in [-0.39, 0.29) is 5.91 Å². The van der Waals surface area contributed by atoms with Crippen LogP contribution in [-0.4, -0.2) is 23.8 Å². The van der Waals surface area contributed by atoms with E-state index >= 15 is 0 Å². The third-order valence-corrected chi connectivity index (χ3v) is 2.91. The minimum atomic E-state index is -0.142. The third kappa shape index (κ3) is 3.71. The summed E-state index contributed by atoms with van der Waals surface area (Å²) in [6.45, 7) is 0. The van der Waals surface area contributed by atoms with Crippen molar-refractivity contribution in [3.8, 4) is 5.75 Å². The Hall–Kier alpha value is -2.56. The number of carbonyl (C=O) groups excluding carboxylic acids is 1. The molecule has 0 unspecified atom stereocenters. The average molecular weight is 271 g/mol. The number of ether oxygens (including phenoxy) is 1.